The lowest BCUT2D eigenvalue weighted by Gasteiger charge is -2.14. The fourth-order valence-corrected chi connectivity index (χ4v) is 1.35. The monoisotopic (exact) mass is 284 g/mol. The summed E-state index contributed by atoms with van der Waals surface area (Å²) in [6, 6.07) is 0.340. The molecule has 0 aromatic carbocycles. The topological polar surface area (TPSA) is 65.2 Å². The van der Waals surface area contributed by atoms with Crippen LogP contribution in [-0.4, -0.2) is 18.1 Å². The van der Waals surface area contributed by atoms with Crippen LogP contribution in [0.15, 0.2) is 6.07 Å². The standard InChI is InChI=1S/C10H9F5N2O2/c1-19-7(18)3-6-4(10(13,14)15)2-5(16)8(17-6)9(11)12/h2,9H,3,16H2,1H3. The van der Waals surface area contributed by atoms with Gasteiger partial charge in [0, 0.05) is 0 Å². The smallest absolute Gasteiger partial charge is 0.418 e. The molecule has 1 heterocycles. The van der Waals surface area contributed by atoms with E-state index in [1.165, 1.54) is 0 Å². The molecule has 9 heteroatoms. The van der Waals surface area contributed by atoms with Crippen molar-refractivity contribution >= 4 is 11.7 Å². The van der Waals surface area contributed by atoms with Gasteiger partial charge < -0.3 is 10.5 Å². The van der Waals surface area contributed by atoms with Gasteiger partial charge in [-0.2, -0.15) is 13.2 Å². The number of hydrogen-bond donors (Lipinski definition) is 1. The number of aromatic nitrogens is 1. The first-order chi connectivity index (χ1) is 8.66. The lowest BCUT2D eigenvalue weighted by molar-refractivity contribution is -0.141. The SMILES string of the molecule is COC(=O)Cc1nc(C(F)F)c(N)cc1C(F)(F)F. The van der Waals surface area contributed by atoms with E-state index in [1.807, 2.05) is 0 Å². The predicted octanol–water partition coefficient (Wildman–Crippen LogP) is 2.34. The number of anilines is 1. The summed E-state index contributed by atoms with van der Waals surface area (Å²) in [6.07, 6.45) is -8.87. The van der Waals surface area contributed by atoms with Gasteiger partial charge in [0.2, 0.25) is 0 Å². The van der Waals surface area contributed by atoms with E-state index in [4.69, 9.17) is 5.73 Å². The minimum absolute atomic E-state index is 0.340. The summed E-state index contributed by atoms with van der Waals surface area (Å²) in [5, 5.41) is 0. The molecule has 0 fully saturated rings. The number of ether oxygens (including phenoxy) is 1. The van der Waals surface area contributed by atoms with E-state index in [1.54, 1.807) is 0 Å². The minimum Gasteiger partial charge on any atom is -0.469 e. The molecule has 1 aromatic heterocycles. The highest BCUT2D eigenvalue weighted by molar-refractivity contribution is 5.72. The van der Waals surface area contributed by atoms with Crippen LogP contribution in [0.2, 0.25) is 0 Å². The van der Waals surface area contributed by atoms with Gasteiger partial charge in [0.15, 0.2) is 0 Å². The van der Waals surface area contributed by atoms with Crippen molar-refractivity contribution < 1.29 is 31.5 Å². The van der Waals surface area contributed by atoms with Gasteiger partial charge in [-0.3, -0.25) is 4.79 Å². The highest BCUT2D eigenvalue weighted by Crippen LogP contribution is 2.35. The first kappa shape index (κ1) is 15.1. The van der Waals surface area contributed by atoms with Crippen molar-refractivity contribution in [1.82, 2.24) is 4.98 Å². The molecule has 0 saturated heterocycles. The number of nitrogens with zero attached hydrogens (tertiary/aromatic N) is 1. The largest absolute Gasteiger partial charge is 0.469 e. The molecule has 0 amide bonds. The molecule has 0 aliphatic heterocycles. The van der Waals surface area contributed by atoms with Crippen LogP contribution in [0.4, 0.5) is 27.6 Å². The Morgan fingerprint density at radius 1 is 1.47 bits per heavy atom. The lowest BCUT2D eigenvalue weighted by Crippen LogP contribution is -2.17. The Morgan fingerprint density at radius 2 is 2.05 bits per heavy atom. The number of carbonyl (C=O) groups is 1. The van der Waals surface area contributed by atoms with Gasteiger partial charge in [-0.1, -0.05) is 0 Å². The highest BCUT2D eigenvalue weighted by Gasteiger charge is 2.36. The van der Waals surface area contributed by atoms with Crippen molar-refractivity contribution in [2.24, 2.45) is 0 Å². The first-order valence-electron chi connectivity index (χ1n) is 4.88. The van der Waals surface area contributed by atoms with Crippen molar-refractivity contribution in [3.05, 3.63) is 23.0 Å². The number of nitrogens with two attached hydrogens (primary N) is 1. The van der Waals surface area contributed by atoms with Crippen LogP contribution in [0.25, 0.3) is 0 Å². The number of carbonyl (C=O) groups excluding carboxylic acids is 1. The summed E-state index contributed by atoms with van der Waals surface area (Å²) < 4.78 is 67.3. The molecule has 1 rings (SSSR count). The number of alkyl halides is 5. The van der Waals surface area contributed by atoms with Crippen LogP contribution in [0.1, 0.15) is 23.4 Å². The van der Waals surface area contributed by atoms with E-state index in [2.05, 4.69) is 9.72 Å². The van der Waals surface area contributed by atoms with E-state index in [0.29, 0.717) is 6.07 Å². The summed E-state index contributed by atoms with van der Waals surface area (Å²) in [6.45, 7) is 0. The molecular formula is C10H9F5N2O2. The molecule has 19 heavy (non-hydrogen) atoms. The van der Waals surface area contributed by atoms with Crippen molar-refractivity contribution in [2.45, 2.75) is 19.0 Å². The van der Waals surface area contributed by atoms with Gasteiger partial charge in [0.25, 0.3) is 6.43 Å². The summed E-state index contributed by atoms with van der Waals surface area (Å²) in [7, 11) is 0.959. The average Bonchev–Trinajstić information content (AvgIpc) is 2.28. The zero-order valence-corrected chi connectivity index (χ0v) is 9.59. The van der Waals surface area contributed by atoms with Gasteiger partial charge in [0.05, 0.1) is 30.5 Å². The van der Waals surface area contributed by atoms with Crippen molar-refractivity contribution in [1.29, 1.82) is 0 Å². The maximum absolute atomic E-state index is 12.7. The third kappa shape index (κ3) is 3.52. The number of methoxy groups -OCH3 is 1. The molecule has 0 aliphatic carbocycles. The Bertz CT molecular complexity index is 488. The van der Waals surface area contributed by atoms with Crippen LogP contribution in [0.3, 0.4) is 0 Å². The second kappa shape index (κ2) is 5.37. The van der Waals surface area contributed by atoms with Crippen LogP contribution in [0, 0.1) is 0 Å². The third-order valence-electron chi connectivity index (χ3n) is 2.21. The lowest BCUT2D eigenvalue weighted by atomic mass is 10.1. The maximum Gasteiger partial charge on any atom is 0.418 e. The third-order valence-corrected chi connectivity index (χ3v) is 2.21. The molecule has 2 N–H and O–H groups in total. The Morgan fingerprint density at radius 3 is 2.47 bits per heavy atom. The second-order valence-corrected chi connectivity index (χ2v) is 3.51. The normalized spacial score (nSPS) is 11.7. The molecule has 0 spiro atoms. The molecule has 0 saturated carbocycles. The molecule has 0 unspecified atom stereocenters. The van der Waals surface area contributed by atoms with E-state index >= 15 is 0 Å². The van der Waals surface area contributed by atoms with E-state index in [0.717, 1.165) is 7.11 Å². The quantitative estimate of drug-likeness (QED) is 0.683. The second-order valence-electron chi connectivity index (χ2n) is 3.51. The Labute approximate surface area is 104 Å². The van der Waals surface area contributed by atoms with E-state index in [9.17, 15) is 26.7 Å². The fourth-order valence-electron chi connectivity index (χ4n) is 1.35. The molecule has 0 radical (unpaired) electrons. The number of rotatable bonds is 3. The van der Waals surface area contributed by atoms with Gasteiger partial charge >= 0.3 is 12.1 Å². The maximum atomic E-state index is 12.7. The minimum atomic E-state index is -4.86. The molecule has 0 aliphatic rings. The molecule has 106 valence electrons. The summed E-state index contributed by atoms with van der Waals surface area (Å²) in [5.41, 5.74) is 1.14. The molecular weight excluding hydrogens is 275 g/mol. The average molecular weight is 284 g/mol. The zero-order valence-electron chi connectivity index (χ0n) is 9.59. The fraction of sp³-hybridized carbons (Fsp3) is 0.400. The van der Waals surface area contributed by atoms with Gasteiger partial charge in [0.1, 0.15) is 5.69 Å². The Hall–Kier alpha value is -1.93. The number of nitrogen functional groups attached to an aromatic ring is 1. The zero-order chi connectivity index (χ0) is 14.8. The highest BCUT2D eigenvalue weighted by atomic mass is 19.4. The first-order valence-corrected chi connectivity index (χ1v) is 4.88. The van der Waals surface area contributed by atoms with Crippen molar-refractivity contribution in [2.75, 3.05) is 12.8 Å². The molecule has 0 atom stereocenters. The van der Waals surface area contributed by atoms with E-state index in [-0.39, 0.29) is 0 Å². The van der Waals surface area contributed by atoms with Crippen molar-refractivity contribution in [3.8, 4) is 0 Å². The van der Waals surface area contributed by atoms with Gasteiger partial charge in [-0.05, 0) is 6.07 Å². The van der Waals surface area contributed by atoms with Crippen LogP contribution in [-0.2, 0) is 22.1 Å². The van der Waals surface area contributed by atoms with Crippen LogP contribution in [0.5, 0.6) is 0 Å². The Kier molecular flexibility index (Phi) is 4.28. The van der Waals surface area contributed by atoms with Gasteiger partial charge in [-0.15, -0.1) is 0 Å². The van der Waals surface area contributed by atoms with Crippen molar-refractivity contribution in [3.63, 3.8) is 0 Å². The Balaban J connectivity index is 3.37. The van der Waals surface area contributed by atoms with Crippen LogP contribution >= 0.6 is 0 Å². The predicted molar refractivity (Wildman–Crippen MR) is 54.3 cm³/mol. The van der Waals surface area contributed by atoms with Crippen LogP contribution < -0.4 is 5.73 Å². The van der Waals surface area contributed by atoms with E-state index < -0.39 is 47.6 Å². The summed E-state index contributed by atoms with van der Waals surface area (Å²) >= 11 is 0. The number of hydrogen-bond acceptors (Lipinski definition) is 4. The van der Waals surface area contributed by atoms with Gasteiger partial charge in [-0.25, -0.2) is 13.8 Å². The number of pyridine rings is 1. The number of esters is 1. The molecule has 0 bridgehead atoms. The molecule has 1 aromatic rings. The number of halogens is 5. The molecule has 4 nitrogen and oxygen atoms in total. The summed E-state index contributed by atoms with van der Waals surface area (Å²) in [4.78, 5) is 14.1. The summed E-state index contributed by atoms with van der Waals surface area (Å²) in [5.74, 6) is -1.03.